The number of nitrogens with one attached hydrogen (secondary N) is 3. The molecule has 0 saturated carbocycles. The van der Waals surface area contributed by atoms with Crippen molar-refractivity contribution in [2.45, 2.75) is 26.9 Å². The molecule has 2 amide bonds. The number of methoxy groups -OCH3 is 3. The molecule has 0 radical (unpaired) electrons. The number of hydrogen-bond acceptors (Lipinski definition) is 8. The van der Waals surface area contributed by atoms with Gasteiger partial charge >= 0.3 is 0 Å². The molecule has 242 valence electrons. The van der Waals surface area contributed by atoms with Gasteiger partial charge in [0.2, 0.25) is 11.7 Å². The van der Waals surface area contributed by atoms with Gasteiger partial charge in [-0.3, -0.25) is 9.59 Å². The number of benzene rings is 3. The Balaban J connectivity index is 1.45. The summed E-state index contributed by atoms with van der Waals surface area (Å²) in [6.45, 7) is 4.56. The number of carbonyl (C=O) groups is 2. The van der Waals surface area contributed by atoms with Gasteiger partial charge in [-0.15, -0.1) is 0 Å². The standard InChI is InChI=1S/C35H35ClN6O5/c1-21-6-10-23(11-7-21)16-37-33(43)26-19-42(20-27(26)34(44)38-17-24-12-8-22(2)9-13-24)32-28(36)18-39-35(41-32)40-25-14-29(45-3)31(47-5)30(15-25)46-4/h6-15,18-20H,16-17H2,1-5H3,(H,37,43)(H,38,44)(H,39,40,41). The average Bonchev–Trinajstić information content (AvgIpc) is 3.53. The Morgan fingerprint density at radius 2 is 1.26 bits per heavy atom. The van der Waals surface area contributed by atoms with Gasteiger partial charge in [-0.2, -0.15) is 4.98 Å². The molecule has 3 N–H and O–H groups in total. The Kier molecular flexibility index (Phi) is 10.3. The van der Waals surface area contributed by atoms with Crippen molar-refractivity contribution in [3.8, 4) is 23.1 Å². The number of anilines is 2. The molecule has 0 bridgehead atoms. The van der Waals surface area contributed by atoms with Crippen LogP contribution >= 0.6 is 11.6 Å². The summed E-state index contributed by atoms with van der Waals surface area (Å²) >= 11 is 6.57. The first-order valence-corrected chi connectivity index (χ1v) is 15.1. The van der Waals surface area contributed by atoms with Crippen LogP contribution in [0.3, 0.4) is 0 Å². The lowest BCUT2D eigenvalue weighted by Gasteiger charge is -2.15. The van der Waals surface area contributed by atoms with Crippen molar-refractivity contribution in [1.82, 2.24) is 25.2 Å². The quantitative estimate of drug-likeness (QED) is 0.146. The van der Waals surface area contributed by atoms with Crippen LogP contribution in [-0.4, -0.2) is 47.7 Å². The van der Waals surface area contributed by atoms with Gasteiger partial charge in [-0.25, -0.2) is 4.98 Å². The number of carbonyl (C=O) groups excluding carboxylic acids is 2. The molecule has 5 aromatic rings. The van der Waals surface area contributed by atoms with E-state index in [9.17, 15) is 9.59 Å². The number of aromatic nitrogens is 3. The topological polar surface area (TPSA) is 129 Å². The lowest BCUT2D eigenvalue weighted by Crippen LogP contribution is -2.28. The zero-order valence-electron chi connectivity index (χ0n) is 26.7. The predicted molar refractivity (Wildman–Crippen MR) is 180 cm³/mol. The summed E-state index contributed by atoms with van der Waals surface area (Å²) < 4.78 is 17.8. The summed E-state index contributed by atoms with van der Waals surface area (Å²) in [4.78, 5) is 35.9. The molecule has 2 aromatic heterocycles. The minimum atomic E-state index is -0.425. The number of aryl methyl sites for hydroxylation is 2. The van der Waals surface area contributed by atoms with Gasteiger partial charge in [0, 0.05) is 43.3 Å². The van der Waals surface area contributed by atoms with Crippen molar-refractivity contribution < 1.29 is 23.8 Å². The molecular formula is C35H35ClN6O5. The van der Waals surface area contributed by atoms with Crippen molar-refractivity contribution in [3.05, 3.63) is 118 Å². The smallest absolute Gasteiger partial charge is 0.253 e. The van der Waals surface area contributed by atoms with E-state index in [2.05, 4.69) is 25.9 Å². The molecule has 0 saturated heterocycles. The Bertz CT molecular complexity index is 1790. The fourth-order valence-corrected chi connectivity index (χ4v) is 4.98. The maximum Gasteiger partial charge on any atom is 0.253 e. The van der Waals surface area contributed by atoms with Crippen LogP contribution in [0, 0.1) is 13.8 Å². The first kappa shape index (κ1) is 32.8. The Morgan fingerprint density at radius 1 is 0.766 bits per heavy atom. The van der Waals surface area contributed by atoms with Gasteiger partial charge < -0.3 is 34.7 Å². The molecule has 12 heteroatoms. The molecular weight excluding hydrogens is 620 g/mol. The number of rotatable bonds is 12. The van der Waals surface area contributed by atoms with E-state index in [-0.39, 0.29) is 41.0 Å². The highest BCUT2D eigenvalue weighted by Crippen LogP contribution is 2.40. The molecule has 0 aliphatic heterocycles. The van der Waals surface area contributed by atoms with E-state index in [0.29, 0.717) is 22.9 Å². The summed E-state index contributed by atoms with van der Waals surface area (Å²) in [7, 11) is 4.56. The van der Waals surface area contributed by atoms with Crippen molar-refractivity contribution in [2.75, 3.05) is 26.6 Å². The van der Waals surface area contributed by atoms with Crippen molar-refractivity contribution in [3.63, 3.8) is 0 Å². The van der Waals surface area contributed by atoms with Gasteiger partial charge in [0.05, 0.1) is 38.7 Å². The highest BCUT2D eigenvalue weighted by atomic mass is 35.5. The Hall–Kier alpha value is -5.55. The van der Waals surface area contributed by atoms with Gasteiger partial charge in [0.25, 0.3) is 11.8 Å². The fourth-order valence-electron chi connectivity index (χ4n) is 4.79. The minimum Gasteiger partial charge on any atom is -0.493 e. The molecule has 0 aliphatic rings. The monoisotopic (exact) mass is 654 g/mol. The largest absolute Gasteiger partial charge is 0.493 e. The van der Waals surface area contributed by atoms with E-state index in [1.165, 1.54) is 44.5 Å². The number of hydrogen-bond donors (Lipinski definition) is 3. The molecule has 0 unspecified atom stereocenters. The fraction of sp³-hybridized carbons (Fsp3) is 0.200. The highest BCUT2D eigenvalue weighted by molar-refractivity contribution is 6.32. The lowest BCUT2D eigenvalue weighted by atomic mass is 10.1. The molecule has 0 fully saturated rings. The van der Waals surface area contributed by atoms with Crippen LogP contribution in [0.1, 0.15) is 43.0 Å². The first-order chi connectivity index (χ1) is 22.7. The van der Waals surface area contributed by atoms with E-state index in [1.807, 2.05) is 62.4 Å². The van der Waals surface area contributed by atoms with Crippen LogP contribution in [0.4, 0.5) is 11.6 Å². The van der Waals surface area contributed by atoms with Gasteiger partial charge in [-0.05, 0) is 25.0 Å². The second-order valence-corrected chi connectivity index (χ2v) is 11.1. The number of halogens is 1. The first-order valence-electron chi connectivity index (χ1n) is 14.7. The Labute approximate surface area is 277 Å². The predicted octanol–water partition coefficient (Wildman–Crippen LogP) is 6.17. The molecule has 0 atom stereocenters. The molecule has 0 aliphatic carbocycles. The average molecular weight is 655 g/mol. The molecule has 0 spiro atoms. The lowest BCUT2D eigenvalue weighted by molar-refractivity contribution is 0.0917. The molecule has 5 rings (SSSR count). The van der Waals surface area contributed by atoms with Crippen LogP contribution in [-0.2, 0) is 13.1 Å². The van der Waals surface area contributed by atoms with Crippen molar-refractivity contribution >= 4 is 35.1 Å². The maximum atomic E-state index is 13.5. The second kappa shape index (κ2) is 14.7. The van der Waals surface area contributed by atoms with Crippen LogP contribution in [0.2, 0.25) is 5.02 Å². The highest BCUT2D eigenvalue weighted by Gasteiger charge is 2.23. The van der Waals surface area contributed by atoms with Gasteiger partial charge in [0.1, 0.15) is 5.02 Å². The van der Waals surface area contributed by atoms with E-state index >= 15 is 0 Å². The Morgan fingerprint density at radius 3 is 1.70 bits per heavy atom. The number of amides is 2. The third-order valence-corrected chi connectivity index (χ3v) is 7.62. The van der Waals surface area contributed by atoms with E-state index in [4.69, 9.17) is 25.8 Å². The van der Waals surface area contributed by atoms with Crippen LogP contribution in [0.15, 0.2) is 79.3 Å². The zero-order valence-corrected chi connectivity index (χ0v) is 27.4. The van der Waals surface area contributed by atoms with Crippen molar-refractivity contribution in [2.24, 2.45) is 0 Å². The summed E-state index contributed by atoms with van der Waals surface area (Å²) in [5, 5.41) is 9.17. The number of ether oxygens (including phenoxy) is 3. The molecule has 11 nitrogen and oxygen atoms in total. The third kappa shape index (κ3) is 7.82. The normalized spacial score (nSPS) is 10.7. The van der Waals surface area contributed by atoms with Crippen LogP contribution in [0.25, 0.3) is 5.82 Å². The summed E-state index contributed by atoms with van der Waals surface area (Å²) in [6.07, 6.45) is 4.49. The summed E-state index contributed by atoms with van der Waals surface area (Å²) in [5.74, 6) is 0.918. The molecule has 2 heterocycles. The summed E-state index contributed by atoms with van der Waals surface area (Å²) in [6, 6.07) is 19.1. The summed E-state index contributed by atoms with van der Waals surface area (Å²) in [5.41, 5.74) is 4.97. The van der Waals surface area contributed by atoms with E-state index in [0.717, 1.165) is 22.3 Å². The minimum absolute atomic E-state index is 0.160. The molecule has 47 heavy (non-hydrogen) atoms. The van der Waals surface area contributed by atoms with E-state index < -0.39 is 11.8 Å². The van der Waals surface area contributed by atoms with Crippen LogP contribution in [0.5, 0.6) is 17.2 Å². The SMILES string of the molecule is COc1cc(Nc2ncc(Cl)c(-n3cc(C(=O)NCc4ccc(C)cc4)c(C(=O)NCc4ccc(C)cc4)c3)n2)cc(OC)c1OC. The second-order valence-electron chi connectivity index (χ2n) is 10.7. The third-order valence-electron chi connectivity index (χ3n) is 7.35. The maximum absolute atomic E-state index is 13.5. The molecule has 3 aromatic carbocycles. The van der Waals surface area contributed by atoms with Crippen LogP contribution < -0.4 is 30.2 Å². The van der Waals surface area contributed by atoms with Gasteiger partial charge in [-0.1, -0.05) is 71.3 Å². The zero-order chi connectivity index (χ0) is 33.5. The van der Waals surface area contributed by atoms with E-state index in [1.54, 1.807) is 12.1 Å². The number of nitrogens with zero attached hydrogens (tertiary/aromatic N) is 3. The van der Waals surface area contributed by atoms with Crippen molar-refractivity contribution in [1.29, 1.82) is 0 Å². The van der Waals surface area contributed by atoms with Gasteiger partial charge in [0.15, 0.2) is 17.3 Å².